The van der Waals surface area contributed by atoms with Crippen molar-refractivity contribution in [3.05, 3.63) is 12.7 Å². The zero-order chi connectivity index (χ0) is 12.4. The minimum Gasteiger partial charge on any atom is -0.464 e. The number of hydrogen-bond donors (Lipinski definition) is 1. The molecule has 0 aromatic rings. The van der Waals surface area contributed by atoms with Crippen LogP contribution in [0.2, 0.25) is 0 Å². The minimum atomic E-state index is -0.437. The minimum absolute atomic E-state index is 0.103. The number of nitrogens with one attached hydrogen (secondary N) is 1. The lowest BCUT2D eigenvalue weighted by Crippen LogP contribution is -2.26. The van der Waals surface area contributed by atoms with Gasteiger partial charge >= 0.3 is 11.9 Å². The molecule has 0 aromatic heterocycles. The number of ether oxygens (including phenoxy) is 2. The van der Waals surface area contributed by atoms with E-state index in [9.17, 15) is 9.59 Å². The number of rotatable bonds is 8. The number of esters is 2. The molecule has 0 saturated carbocycles. The van der Waals surface area contributed by atoms with Gasteiger partial charge in [-0.1, -0.05) is 20.4 Å². The van der Waals surface area contributed by atoms with Crippen LogP contribution >= 0.6 is 0 Å². The summed E-state index contributed by atoms with van der Waals surface area (Å²) >= 11 is 0. The first-order valence-corrected chi connectivity index (χ1v) is 5.24. The summed E-state index contributed by atoms with van der Waals surface area (Å²) in [6.45, 7) is 8.52. The quantitative estimate of drug-likeness (QED) is 0.373. The van der Waals surface area contributed by atoms with Gasteiger partial charge in [-0.3, -0.25) is 4.79 Å². The molecule has 0 unspecified atom stereocenters. The van der Waals surface area contributed by atoms with Crippen molar-refractivity contribution < 1.29 is 19.1 Å². The number of hydrogen-bond acceptors (Lipinski definition) is 5. The number of carbonyl (C=O) groups excluding carboxylic acids is 2. The molecule has 0 atom stereocenters. The SMILES string of the molecule is C=CC(=O)OCCNCCOC(=O)C(C)C. The summed E-state index contributed by atoms with van der Waals surface area (Å²) in [4.78, 5) is 21.7. The third-order valence-corrected chi connectivity index (χ3v) is 1.68. The Bertz CT molecular complexity index is 238. The summed E-state index contributed by atoms with van der Waals surface area (Å²) in [5, 5.41) is 2.97. The van der Waals surface area contributed by atoms with Crippen molar-refractivity contribution in [1.29, 1.82) is 0 Å². The van der Waals surface area contributed by atoms with Crippen LogP contribution < -0.4 is 5.32 Å². The fourth-order valence-electron chi connectivity index (χ4n) is 0.798. The molecule has 5 heteroatoms. The van der Waals surface area contributed by atoms with Crippen LogP contribution in [0.4, 0.5) is 0 Å². The van der Waals surface area contributed by atoms with Gasteiger partial charge in [-0.15, -0.1) is 0 Å². The summed E-state index contributed by atoms with van der Waals surface area (Å²) in [5.41, 5.74) is 0. The third-order valence-electron chi connectivity index (χ3n) is 1.68. The van der Waals surface area contributed by atoms with Crippen molar-refractivity contribution in [1.82, 2.24) is 5.32 Å². The van der Waals surface area contributed by atoms with E-state index in [1.165, 1.54) is 0 Å². The Balaban J connectivity index is 3.25. The fourth-order valence-corrected chi connectivity index (χ4v) is 0.798. The van der Waals surface area contributed by atoms with E-state index in [2.05, 4.69) is 11.9 Å². The first kappa shape index (κ1) is 14.6. The van der Waals surface area contributed by atoms with Crippen molar-refractivity contribution in [2.24, 2.45) is 5.92 Å². The molecule has 0 aliphatic carbocycles. The van der Waals surface area contributed by atoms with Gasteiger partial charge in [0.2, 0.25) is 0 Å². The normalized spacial score (nSPS) is 9.94. The molecule has 0 aliphatic rings. The average molecular weight is 229 g/mol. The largest absolute Gasteiger partial charge is 0.464 e. The van der Waals surface area contributed by atoms with Crippen molar-refractivity contribution in [3.8, 4) is 0 Å². The van der Waals surface area contributed by atoms with Crippen molar-refractivity contribution in [2.45, 2.75) is 13.8 Å². The van der Waals surface area contributed by atoms with Crippen LogP contribution in [-0.2, 0) is 19.1 Å². The first-order chi connectivity index (χ1) is 7.57. The monoisotopic (exact) mass is 229 g/mol. The molecular weight excluding hydrogens is 210 g/mol. The van der Waals surface area contributed by atoms with Gasteiger partial charge in [-0.05, 0) is 0 Å². The average Bonchev–Trinajstić information content (AvgIpc) is 2.26. The second-order valence-corrected chi connectivity index (χ2v) is 3.44. The van der Waals surface area contributed by atoms with E-state index >= 15 is 0 Å². The molecule has 5 nitrogen and oxygen atoms in total. The molecule has 0 rings (SSSR count). The molecule has 0 radical (unpaired) electrons. The highest BCUT2D eigenvalue weighted by Gasteiger charge is 2.06. The molecule has 1 N–H and O–H groups in total. The summed E-state index contributed by atoms with van der Waals surface area (Å²) in [7, 11) is 0. The summed E-state index contributed by atoms with van der Waals surface area (Å²) in [6, 6.07) is 0. The maximum Gasteiger partial charge on any atom is 0.330 e. The van der Waals surface area contributed by atoms with Crippen LogP contribution in [0.1, 0.15) is 13.8 Å². The maximum absolute atomic E-state index is 11.0. The van der Waals surface area contributed by atoms with E-state index in [4.69, 9.17) is 9.47 Å². The molecule has 92 valence electrons. The molecule has 0 amide bonds. The Morgan fingerprint density at radius 1 is 1.25 bits per heavy atom. The molecule has 16 heavy (non-hydrogen) atoms. The second kappa shape index (κ2) is 8.91. The topological polar surface area (TPSA) is 64.6 Å². The van der Waals surface area contributed by atoms with Crippen LogP contribution in [0.3, 0.4) is 0 Å². The lowest BCUT2D eigenvalue weighted by molar-refractivity contribution is -0.147. The van der Waals surface area contributed by atoms with E-state index in [1.807, 2.05) is 0 Å². The van der Waals surface area contributed by atoms with Gasteiger partial charge in [0.05, 0.1) is 5.92 Å². The van der Waals surface area contributed by atoms with E-state index < -0.39 is 5.97 Å². The molecule has 0 bridgehead atoms. The van der Waals surface area contributed by atoms with E-state index in [0.29, 0.717) is 19.7 Å². The van der Waals surface area contributed by atoms with Crippen LogP contribution in [0.15, 0.2) is 12.7 Å². The second-order valence-electron chi connectivity index (χ2n) is 3.44. The Hall–Kier alpha value is -1.36. The number of carbonyl (C=O) groups is 2. The van der Waals surface area contributed by atoms with Gasteiger partial charge in [-0.25, -0.2) is 4.79 Å². The van der Waals surface area contributed by atoms with E-state index in [1.54, 1.807) is 13.8 Å². The Morgan fingerprint density at radius 2 is 1.81 bits per heavy atom. The van der Waals surface area contributed by atoms with E-state index in [-0.39, 0.29) is 18.5 Å². The lowest BCUT2D eigenvalue weighted by atomic mass is 10.2. The van der Waals surface area contributed by atoms with Crippen molar-refractivity contribution in [3.63, 3.8) is 0 Å². The molecule has 0 saturated heterocycles. The zero-order valence-electron chi connectivity index (χ0n) is 9.82. The molecule has 0 fully saturated rings. The van der Waals surface area contributed by atoms with Gasteiger partial charge in [0.15, 0.2) is 0 Å². The third kappa shape index (κ3) is 7.99. The fraction of sp³-hybridized carbons (Fsp3) is 0.636. The molecule has 0 aromatic carbocycles. The molecule has 0 aliphatic heterocycles. The first-order valence-electron chi connectivity index (χ1n) is 5.24. The predicted octanol–water partition coefficient (Wildman–Crippen LogP) is 0.504. The van der Waals surface area contributed by atoms with Gasteiger partial charge in [0, 0.05) is 19.2 Å². The summed E-state index contributed by atoms with van der Waals surface area (Å²) in [5.74, 6) is -0.749. The van der Waals surface area contributed by atoms with Gasteiger partial charge in [0.1, 0.15) is 13.2 Å². The van der Waals surface area contributed by atoms with Gasteiger partial charge in [0.25, 0.3) is 0 Å². The Kier molecular flexibility index (Phi) is 8.15. The van der Waals surface area contributed by atoms with E-state index in [0.717, 1.165) is 6.08 Å². The maximum atomic E-state index is 11.0. The van der Waals surface area contributed by atoms with Gasteiger partial charge < -0.3 is 14.8 Å². The van der Waals surface area contributed by atoms with Crippen molar-refractivity contribution in [2.75, 3.05) is 26.3 Å². The van der Waals surface area contributed by atoms with Gasteiger partial charge in [-0.2, -0.15) is 0 Å². The zero-order valence-corrected chi connectivity index (χ0v) is 9.82. The van der Waals surface area contributed by atoms with Crippen LogP contribution in [0.5, 0.6) is 0 Å². The smallest absolute Gasteiger partial charge is 0.330 e. The van der Waals surface area contributed by atoms with Crippen LogP contribution in [0.25, 0.3) is 0 Å². The van der Waals surface area contributed by atoms with Crippen molar-refractivity contribution >= 4 is 11.9 Å². The summed E-state index contributed by atoms with van der Waals surface area (Å²) in [6.07, 6.45) is 1.12. The highest BCUT2D eigenvalue weighted by molar-refractivity contribution is 5.81. The molecule has 0 heterocycles. The standard InChI is InChI=1S/C11H19NO4/c1-4-10(13)15-7-5-12-6-8-16-11(14)9(2)3/h4,9,12H,1,5-8H2,2-3H3. The highest BCUT2D eigenvalue weighted by Crippen LogP contribution is 1.94. The highest BCUT2D eigenvalue weighted by atomic mass is 16.5. The molecular formula is C11H19NO4. The van der Waals surface area contributed by atoms with Crippen LogP contribution in [-0.4, -0.2) is 38.2 Å². The van der Waals surface area contributed by atoms with Crippen LogP contribution in [0, 0.1) is 5.92 Å². The molecule has 0 spiro atoms. The Morgan fingerprint density at radius 3 is 2.31 bits per heavy atom. The lowest BCUT2D eigenvalue weighted by Gasteiger charge is -2.08. The Labute approximate surface area is 95.8 Å². The predicted molar refractivity (Wildman–Crippen MR) is 59.8 cm³/mol. The summed E-state index contributed by atoms with van der Waals surface area (Å²) < 4.78 is 9.66.